The van der Waals surface area contributed by atoms with E-state index in [-0.39, 0.29) is 11.9 Å². The van der Waals surface area contributed by atoms with Gasteiger partial charge in [0.25, 0.3) is 0 Å². The van der Waals surface area contributed by atoms with Gasteiger partial charge in [-0.15, -0.1) is 10.2 Å². The lowest BCUT2D eigenvalue weighted by atomic mass is 10.1. The highest BCUT2D eigenvalue weighted by Crippen LogP contribution is 2.34. The third-order valence-corrected chi connectivity index (χ3v) is 5.25. The Bertz CT molecular complexity index is 1210. The molecule has 4 aromatic rings. The maximum absolute atomic E-state index is 11.7. The topological polar surface area (TPSA) is 113 Å². The number of rotatable bonds is 4. The number of H-pyrrole nitrogens is 1. The molecule has 148 valence electrons. The van der Waals surface area contributed by atoms with E-state index >= 15 is 0 Å². The van der Waals surface area contributed by atoms with Crippen LogP contribution in [0.4, 0.5) is 5.95 Å². The van der Waals surface area contributed by atoms with Crippen molar-refractivity contribution in [3.05, 3.63) is 30.9 Å². The number of carbonyl (C=O) groups is 1. The molecule has 2 N–H and O–H groups in total. The lowest BCUT2D eigenvalue weighted by Crippen LogP contribution is -2.43. The van der Waals surface area contributed by atoms with Crippen molar-refractivity contribution in [1.82, 2.24) is 34.4 Å². The highest BCUT2D eigenvalue weighted by Gasteiger charge is 2.24. The molecule has 5 rings (SSSR count). The molecule has 0 unspecified atom stereocenters. The van der Waals surface area contributed by atoms with Gasteiger partial charge >= 0.3 is 0 Å². The van der Waals surface area contributed by atoms with Gasteiger partial charge in [0.1, 0.15) is 12.0 Å². The molecule has 0 saturated carbocycles. The Morgan fingerprint density at radius 2 is 2.21 bits per heavy atom. The third kappa shape index (κ3) is 3.02. The first-order valence-electron chi connectivity index (χ1n) is 9.36. The second-order valence-corrected chi connectivity index (χ2v) is 7.15. The zero-order chi connectivity index (χ0) is 20.0. The fraction of sp³-hybridized carbons (Fsp3) is 0.316. The second-order valence-electron chi connectivity index (χ2n) is 7.15. The van der Waals surface area contributed by atoms with E-state index in [0.717, 1.165) is 28.6 Å². The number of likely N-dealkylation sites (tertiary alicyclic amines) is 1. The molecule has 0 aromatic carbocycles. The molecule has 1 aliphatic heterocycles. The minimum atomic E-state index is 0.102. The standard InChI is InChI=1S/C19H20N8O2/c1-26-9-12(4-6-15(26)28)22-19-23-17-16(18(24-19)29-2)13(7-20-17)11-3-5-14-25-21-10-27(14)8-11/h3,5,7-8,10,12H,4,6,9H2,1-2H3,(H2,20,22,23,24)/t12-/m0/s1. The first-order chi connectivity index (χ1) is 14.1. The summed E-state index contributed by atoms with van der Waals surface area (Å²) in [6, 6.07) is 3.99. The number of piperidine rings is 1. The van der Waals surface area contributed by atoms with Crippen LogP contribution in [0.15, 0.2) is 30.9 Å². The minimum absolute atomic E-state index is 0.102. The monoisotopic (exact) mass is 392 g/mol. The Labute approximate surface area is 165 Å². The zero-order valence-electron chi connectivity index (χ0n) is 16.1. The van der Waals surface area contributed by atoms with Crippen molar-refractivity contribution in [3.63, 3.8) is 0 Å². The van der Waals surface area contributed by atoms with Crippen LogP contribution in [-0.4, -0.2) is 67.1 Å². The molecule has 0 radical (unpaired) electrons. The number of fused-ring (bicyclic) bond motifs is 2. The number of likely N-dealkylation sites (N-methyl/N-ethyl adjacent to an activating group) is 1. The average Bonchev–Trinajstić information content (AvgIpc) is 3.36. The fourth-order valence-electron chi connectivity index (χ4n) is 3.74. The first kappa shape index (κ1) is 17.4. The second kappa shape index (κ2) is 6.73. The highest BCUT2D eigenvalue weighted by molar-refractivity contribution is 5.97. The van der Waals surface area contributed by atoms with Crippen LogP contribution < -0.4 is 10.1 Å². The third-order valence-electron chi connectivity index (χ3n) is 5.25. The maximum atomic E-state index is 11.7. The summed E-state index contributed by atoms with van der Waals surface area (Å²) in [5.41, 5.74) is 3.36. The predicted molar refractivity (Wildman–Crippen MR) is 107 cm³/mol. The van der Waals surface area contributed by atoms with Gasteiger partial charge in [-0.25, -0.2) is 0 Å². The lowest BCUT2D eigenvalue weighted by Gasteiger charge is -2.30. The Hall–Kier alpha value is -3.69. The summed E-state index contributed by atoms with van der Waals surface area (Å²) in [4.78, 5) is 25.8. The number of amides is 1. The van der Waals surface area contributed by atoms with E-state index in [1.165, 1.54) is 0 Å². The van der Waals surface area contributed by atoms with Crippen LogP contribution >= 0.6 is 0 Å². The molecule has 1 fully saturated rings. The van der Waals surface area contributed by atoms with Crippen LogP contribution in [0.1, 0.15) is 12.8 Å². The molecule has 1 aliphatic rings. The van der Waals surface area contributed by atoms with Gasteiger partial charge in [-0.05, 0) is 18.6 Å². The van der Waals surface area contributed by atoms with Crippen LogP contribution in [0, 0.1) is 0 Å². The van der Waals surface area contributed by atoms with Crippen molar-refractivity contribution in [1.29, 1.82) is 0 Å². The molecule has 0 bridgehead atoms. The number of nitrogens with one attached hydrogen (secondary N) is 2. The molecular weight excluding hydrogens is 372 g/mol. The zero-order valence-corrected chi connectivity index (χ0v) is 16.1. The molecule has 1 atom stereocenters. The van der Waals surface area contributed by atoms with E-state index < -0.39 is 0 Å². The smallest absolute Gasteiger partial charge is 0.228 e. The quantitative estimate of drug-likeness (QED) is 0.543. The molecule has 1 amide bonds. The molecule has 10 heteroatoms. The summed E-state index contributed by atoms with van der Waals surface area (Å²) in [5.74, 6) is 1.12. The summed E-state index contributed by atoms with van der Waals surface area (Å²) in [6.45, 7) is 0.622. The van der Waals surface area contributed by atoms with Gasteiger partial charge < -0.3 is 19.9 Å². The molecule has 10 nitrogen and oxygen atoms in total. The normalized spacial score (nSPS) is 17.2. The van der Waals surface area contributed by atoms with Crippen molar-refractivity contribution in [3.8, 4) is 17.0 Å². The fourth-order valence-corrected chi connectivity index (χ4v) is 3.74. The Morgan fingerprint density at radius 3 is 3.03 bits per heavy atom. The summed E-state index contributed by atoms with van der Waals surface area (Å²) in [7, 11) is 3.41. The first-order valence-corrected chi connectivity index (χ1v) is 9.36. The summed E-state index contributed by atoms with van der Waals surface area (Å²) in [6.07, 6.45) is 6.78. The molecule has 0 spiro atoms. The number of anilines is 1. The van der Waals surface area contributed by atoms with Crippen molar-refractivity contribution in [2.75, 3.05) is 26.0 Å². The Kier molecular flexibility index (Phi) is 4.04. The van der Waals surface area contributed by atoms with Crippen LogP contribution in [0.5, 0.6) is 5.88 Å². The number of methoxy groups -OCH3 is 1. The minimum Gasteiger partial charge on any atom is -0.480 e. The molecular formula is C19H20N8O2. The number of hydrogen-bond donors (Lipinski definition) is 2. The van der Waals surface area contributed by atoms with E-state index in [4.69, 9.17) is 4.74 Å². The number of ether oxygens (including phenoxy) is 1. The van der Waals surface area contributed by atoms with Gasteiger partial charge in [-0.3, -0.25) is 9.20 Å². The summed E-state index contributed by atoms with van der Waals surface area (Å²) in [5, 5.41) is 12.1. The van der Waals surface area contributed by atoms with Crippen LogP contribution in [0.2, 0.25) is 0 Å². The van der Waals surface area contributed by atoms with Crippen LogP contribution in [0.3, 0.4) is 0 Å². The van der Waals surface area contributed by atoms with Crippen molar-refractivity contribution >= 4 is 28.5 Å². The average molecular weight is 392 g/mol. The highest BCUT2D eigenvalue weighted by atomic mass is 16.5. The molecule has 5 heterocycles. The number of aromatic amines is 1. The number of aromatic nitrogens is 6. The van der Waals surface area contributed by atoms with Crippen molar-refractivity contribution in [2.45, 2.75) is 18.9 Å². The number of nitrogens with zero attached hydrogens (tertiary/aromatic N) is 6. The molecule has 1 saturated heterocycles. The van der Waals surface area contributed by atoms with Gasteiger partial charge in [-0.1, -0.05) is 0 Å². The van der Waals surface area contributed by atoms with E-state index in [1.807, 2.05) is 36.0 Å². The van der Waals surface area contributed by atoms with Gasteiger partial charge in [-0.2, -0.15) is 9.97 Å². The van der Waals surface area contributed by atoms with E-state index in [1.54, 1.807) is 18.3 Å². The van der Waals surface area contributed by atoms with E-state index in [2.05, 4.69) is 30.5 Å². The SMILES string of the molecule is COc1nc(N[C@H]2CCC(=O)N(C)C2)nc2[nH]cc(-c3ccc4nncn4c3)c12. The van der Waals surface area contributed by atoms with E-state index in [0.29, 0.717) is 30.4 Å². The molecule has 4 aromatic heterocycles. The number of carbonyl (C=O) groups excluding carboxylic acids is 1. The predicted octanol–water partition coefficient (Wildman–Crippen LogP) is 1.71. The number of hydrogen-bond acceptors (Lipinski definition) is 7. The Morgan fingerprint density at radius 1 is 1.31 bits per heavy atom. The van der Waals surface area contributed by atoms with Gasteiger partial charge in [0.2, 0.25) is 17.7 Å². The van der Waals surface area contributed by atoms with Gasteiger partial charge in [0.15, 0.2) is 5.65 Å². The molecule has 0 aliphatic carbocycles. The van der Waals surface area contributed by atoms with Gasteiger partial charge in [0, 0.05) is 49.6 Å². The number of pyridine rings is 1. The Balaban J connectivity index is 1.51. The van der Waals surface area contributed by atoms with Crippen LogP contribution in [0.25, 0.3) is 27.8 Å². The van der Waals surface area contributed by atoms with Gasteiger partial charge in [0.05, 0.1) is 12.5 Å². The molecule has 29 heavy (non-hydrogen) atoms. The largest absolute Gasteiger partial charge is 0.480 e. The van der Waals surface area contributed by atoms with Crippen molar-refractivity contribution in [2.24, 2.45) is 0 Å². The van der Waals surface area contributed by atoms with Crippen molar-refractivity contribution < 1.29 is 9.53 Å². The van der Waals surface area contributed by atoms with E-state index in [9.17, 15) is 4.79 Å². The van der Waals surface area contributed by atoms with Crippen LogP contribution in [-0.2, 0) is 4.79 Å². The summed E-state index contributed by atoms with van der Waals surface area (Å²) >= 11 is 0. The maximum Gasteiger partial charge on any atom is 0.228 e. The summed E-state index contributed by atoms with van der Waals surface area (Å²) < 4.78 is 7.44. The lowest BCUT2D eigenvalue weighted by molar-refractivity contribution is -0.132.